The first-order valence-electron chi connectivity index (χ1n) is 4.88. The third-order valence-electron chi connectivity index (χ3n) is 2.21. The highest BCUT2D eigenvalue weighted by Crippen LogP contribution is 2.04. The maximum Gasteiger partial charge on any atom is 0.0681 e. The van der Waals surface area contributed by atoms with Gasteiger partial charge in [0.05, 0.1) is 6.61 Å². The molecule has 1 atom stereocenters. The fourth-order valence-corrected chi connectivity index (χ4v) is 1.14. The molecule has 78 valence electrons. The minimum absolute atomic E-state index is 0.104. The molecule has 0 radical (unpaired) electrons. The minimum Gasteiger partial charge on any atom is -0.392 e. The molecule has 1 aromatic rings. The Morgan fingerprint density at radius 3 is 2.36 bits per heavy atom. The van der Waals surface area contributed by atoms with Crippen LogP contribution in [0, 0.1) is 0 Å². The highest BCUT2D eigenvalue weighted by molar-refractivity contribution is 5.21. The molecule has 0 saturated heterocycles. The molecule has 1 rings (SSSR count). The van der Waals surface area contributed by atoms with Crippen molar-refractivity contribution in [3.63, 3.8) is 0 Å². The molecule has 1 unspecified atom stereocenters. The minimum atomic E-state index is 0.104. The van der Waals surface area contributed by atoms with Crippen molar-refractivity contribution < 1.29 is 5.11 Å². The van der Waals surface area contributed by atoms with E-state index in [1.165, 1.54) is 5.56 Å². The quantitative estimate of drug-likeness (QED) is 0.644. The summed E-state index contributed by atoms with van der Waals surface area (Å²) >= 11 is 0. The van der Waals surface area contributed by atoms with Gasteiger partial charge < -0.3 is 16.2 Å². The van der Waals surface area contributed by atoms with Gasteiger partial charge in [0.15, 0.2) is 0 Å². The Kier molecular flexibility index (Phi) is 4.59. The molecule has 0 aromatic heterocycles. The van der Waals surface area contributed by atoms with Crippen molar-refractivity contribution in [3.05, 3.63) is 35.4 Å². The van der Waals surface area contributed by atoms with Gasteiger partial charge in [-0.3, -0.25) is 0 Å². The summed E-state index contributed by atoms with van der Waals surface area (Å²) in [7, 11) is 0. The summed E-state index contributed by atoms with van der Waals surface area (Å²) < 4.78 is 0. The van der Waals surface area contributed by atoms with Gasteiger partial charge in [-0.1, -0.05) is 24.3 Å². The van der Waals surface area contributed by atoms with E-state index in [1.807, 2.05) is 24.3 Å². The number of hydrogen-bond acceptors (Lipinski definition) is 3. The molecule has 1 aromatic carbocycles. The molecule has 0 aliphatic rings. The van der Waals surface area contributed by atoms with Crippen molar-refractivity contribution in [2.45, 2.75) is 26.1 Å². The van der Waals surface area contributed by atoms with Gasteiger partial charge in [-0.25, -0.2) is 0 Å². The van der Waals surface area contributed by atoms with Crippen LogP contribution >= 0.6 is 0 Å². The van der Waals surface area contributed by atoms with E-state index in [9.17, 15) is 0 Å². The Labute approximate surface area is 84.9 Å². The average Bonchev–Trinajstić information content (AvgIpc) is 2.26. The molecule has 3 nitrogen and oxygen atoms in total. The Balaban J connectivity index is 2.43. The number of nitrogens with one attached hydrogen (secondary N) is 1. The standard InChI is InChI=1S/C11H18N2O/c1-9(6-12)13-7-10-2-4-11(8-14)5-3-10/h2-5,9,13-14H,6-8,12H2,1H3. The van der Waals surface area contributed by atoms with E-state index >= 15 is 0 Å². The van der Waals surface area contributed by atoms with Gasteiger partial charge >= 0.3 is 0 Å². The van der Waals surface area contributed by atoms with Gasteiger partial charge in [0.2, 0.25) is 0 Å². The van der Waals surface area contributed by atoms with E-state index in [4.69, 9.17) is 10.8 Å². The highest BCUT2D eigenvalue weighted by atomic mass is 16.3. The lowest BCUT2D eigenvalue weighted by Crippen LogP contribution is -2.32. The zero-order chi connectivity index (χ0) is 10.4. The first-order chi connectivity index (χ1) is 6.76. The summed E-state index contributed by atoms with van der Waals surface area (Å²) in [6, 6.07) is 8.24. The summed E-state index contributed by atoms with van der Waals surface area (Å²) in [4.78, 5) is 0. The predicted molar refractivity (Wildman–Crippen MR) is 57.7 cm³/mol. The fourth-order valence-electron chi connectivity index (χ4n) is 1.14. The molecule has 0 spiro atoms. The zero-order valence-corrected chi connectivity index (χ0v) is 8.53. The number of nitrogens with two attached hydrogens (primary N) is 1. The van der Waals surface area contributed by atoms with Crippen molar-refractivity contribution in [1.82, 2.24) is 5.32 Å². The monoisotopic (exact) mass is 194 g/mol. The van der Waals surface area contributed by atoms with Crippen LogP contribution in [-0.4, -0.2) is 17.7 Å². The number of benzene rings is 1. The molecular formula is C11H18N2O. The maximum absolute atomic E-state index is 8.85. The van der Waals surface area contributed by atoms with Crippen LogP contribution in [0.25, 0.3) is 0 Å². The molecule has 0 aliphatic heterocycles. The van der Waals surface area contributed by atoms with Gasteiger partial charge in [-0.2, -0.15) is 0 Å². The summed E-state index contributed by atoms with van der Waals surface area (Å²) in [5, 5.41) is 12.2. The van der Waals surface area contributed by atoms with E-state index in [1.54, 1.807) is 0 Å². The fraction of sp³-hybridized carbons (Fsp3) is 0.455. The van der Waals surface area contributed by atoms with Crippen LogP contribution < -0.4 is 11.1 Å². The lowest BCUT2D eigenvalue weighted by Gasteiger charge is -2.11. The first-order valence-corrected chi connectivity index (χ1v) is 4.88. The first kappa shape index (κ1) is 11.2. The number of rotatable bonds is 5. The summed E-state index contributed by atoms with van der Waals surface area (Å²) in [6.07, 6.45) is 0. The third-order valence-corrected chi connectivity index (χ3v) is 2.21. The summed E-state index contributed by atoms with van der Waals surface area (Å²) in [5.41, 5.74) is 7.64. The molecule has 0 saturated carbocycles. The van der Waals surface area contributed by atoms with Crippen LogP contribution in [-0.2, 0) is 13.2 Å². The van der Waals surface area contributed by atoms with Crippen LogP contribution in [0.1, 0.15) is 18.1 Å². The lowest BCUT2D eigenvalue weighted by molar-refractivity contribution is 0.282. The van der Waals surface area contributed by atoms with Gasteiger partial charge in [0.25, 0.3) is 0 Å². The Hall–Kier alpha value is -0.900. The highest BCUT2D eigenvalue weighted by Gasteiger charge is 1.98. The second-order valence-corrected chi connectivity index (χ2v) is 3.49. The number of aliphatic hydroxyl groups is 1. The Morgan fingerprint density at radius 2 is 1.86 bits per heavy atom. The van der Waals surface area contributed by atoms with Crippen LogP contribution in [0.5, 0.6) is 0 Å². The van der Waals surface area contributed by atoms with Crippen LogP contribution in [0.15, 0.2) is 24.3 Å². The van der Waals surface area contributed by atoms with Crippen molar-refractivity contribution in [3.8, 4) is 0 Å². The molecule has 0 bridgehead atoms. The van der Waals surface area contributed by atoms with Crippen LogP contribution in [0.4, 0.5) is 0 Å². The topological polar surface area (TPSA) is 58.3 Å². The maximum atomic E-state index is 8.85. The number of aliphatic hydroxyl groups excluding tert-OH is 1. The van der Waals surface area contributed by atoms with Crippen molar-refractivity contribution in [2.24, 2.45) is 5.73 Å². The van der Waals surface area contributed by atoms with Gasteiger partial charge in [0.1, 0.15) is 0 Å². The van der Waals surface area contributed by atoms with Crippen molar-refractivity contribution >= 4 is 0 Å². The molecule has 0 fully saturated rings. The van der Waals surface area contributed by atoms with Gasteiger partial charge in [-0.05, 0) is 18.1 Å². The molecule has 3 heteroatoms. The second kappa shape index (κ2) is 5.75. The second-order valence-electron chi connectivity index (χ2n) is 3.49. The summed E-state index contributed by atoms with van der Waals surface area (Å²) in [6.45, 7) is 3.63. The Bertz CT molecular complexity index is 258. The van der Waals surface area contributed by atoms with E-state index in [-0.39, 0.29) is 6.61 Å². The predicted octanol–water partition coefficient (Wildman–Crippen LogP) is 0.616. The van der Waals surface area contributed by atoms with Crippen LogP contribution in [0.3, 0.4) is 0 Å². The molecule has 0 amide bonds. The van der Waals surface area contributed by atoms with Crippen molar-refractivity contribution in [2.75, 3.05) is 6.54 Å². The van der Waals surface area contributed by atoms with E-state index in [2.05, 4.69) is 12.2 Å². The van der Waals surface area contributed by atoms with E-state index < -0.39 is 0 Å². The van der Waals surface area contributed by atoms with Crippen LogP contribution in [0.2, 0.25) is 0 Å². The molecule has 0 heterocycles. The summed E-state index contributed by atoms with van der Waals surface area (Å²) in [5.74, 6) is 0. The van der Waals surface area contributed by atoms with E-state index in [0.29, 0.717) is 12.6 Å². The molecular weight excluding hydrogens is 176 g/mol. The van der Waals surface area contributed by atoms with Crippen molar-refractivity contribution in [1.29, 1.82) is 0 Å². The van der Waals surface area contributed by atoms with E-state index in [0.717, 1.165) is 12.1 Å². The van der Waals surface area contributed by atoms with Gasteiger partial charge in [0, 0.05) is 19.1 Å². The normalized spacial score (nSPS) is 12.8. The molecule has 14 heavy (non-hydrogen) atoms. The smallest absolute Gasteiger partial charge is 0.0681 e. The zero-order valence-electron chi connectivity index (χ0n) is 8.53. The average molecular weight is 194 g/mol. The molecule has 4 N–H and O–H groups in total. The lowest BCUT2D eigenvalue weighted by atomic mass is 10.1. The Morgan fingerprint density at radius 1 is 1.29 bits per heavy atom. The number of hydrogen-bond donors (Lipinski definition) is 3. The SMILES string of the molecule is CC(CN)NCc1ccc(CO)cc1. The molecule has 0 aliphatic carbocycles. The largest absolute Gasteiger partial charge is 0.392 e. The van der Waals surface area contributed by atoms with Gasteiger partial charge in [-0.15, -0.1) is 0 Å². The third kappa shape index (κ3) is 3.46.